The summed E-state index contributed by atoms with van der Waals surface area (Å²) < 4.78 is 78.7. The van der Waals surface area contributed by atoms with E-state index in [9.17, 15) is 30.8 Å². The lowest BCUT2D eigenvalue weighted by atomic mass is 9.80. The van der Waals surface area contributed by atoms with Crippen LogP contribution in [0.1, 0.15) is 84.2 Å². The zero-order valence-electron chi connectivity index (χ0n) is 22.5. The van der Waals surface area contributed by atoms with Crippen molar-refractivity contribution < 1.29 is 30.8 Å². The minimum Gasteiger partial charge on any atom is -0.354 e. The Balaban J connectivity index is 1.23. The second-order valence-corrected chi connectivity index (χ2v) is 13.1. The highest BCUT2D eigenvalue weighted by Gasteiger charge is 2.35. The molecule has 1 aliphatic carbocycles. The third-order valence-corrected chi connectivity index (χ3v) is 9.91. The number of nitrogens with one attached hydrogen (secondary N) is 3. The molecule has 1 amide bonds. The first-order valence-corrected chi connectivity index (χ1v) is 15.4. The number of aromatic nitrogens is 1. The summed E-state index contributed by atoms with van der Waals surface area (Å²) in [7, 11) is -4.39. The number of carbonyl (C=O) groups is 1. The van der Waals surface area contributed by atoms with Gasteiger partial charge in [-0.15, -0.1) is 0 Å². The van der Waals surface area contributed by atoms with E-state index in [0.717, 1.165) is 30.5 Å². The zero-order chi connectivity index (χ0) is 29.3. The lowest BCUT2D eigenvalue weighted by Gasteiger charge is -2.38. The molecule has 220 valence electrons. The van der Waals surface area contributed by atoms with Gasteiger partial charge >= 0.3 is 6.18 Å². The van der Waals surface area contributed by atoms with Crippen LogP contribution in [0.25, 0.3) is 0 Å². The second-order valence-electron chi connectivity index (χ2n) is 11.1. The molecule has 2 aliphatic rings. The van der Waals surface area contributed by atoms with Gasteiger partial charge in [-0.05, 0) is 60.4 Å². The molecule has 3 aromatic rings. The number of halogens is 4. The van der Waals surface area contributed by atoms with Crippen LogP contribution in [0, 0.1) is 5.82 Å². The second kappa shape index (κ2) is 11.6. The van der Waals surface area contributed by atoms with Crippen molar-refractivity contribution in [3.8, 4) is 0 Å². The summed E-state index contributed by atoms with van der Waals surface area (Å²) >= 11 is 0. The van der Waals surface area contributed by atoms with Crippen LogP contribution in [0.2, 0.25) is 0 Å². The van der Waals surface area contributed by atoms with Crippen LogP contribution in [-0.2, 0) is 35.5 Å². The zero-order valence-corrected chi connectivity index (χ0v) is 23.4. The van der Waals surface area contributed by atoms with Gasteiger partial charge in [-0.25, -0.2) is 12.8 Å². The SMILES string of the molecule is O=C(NCc1ccc(S(=O)(=O)c2cc(F)cc(C(F)(F)F)c2)cc1)c1cc2c([nH]1)CC1(CCCCCCCC1)NC2. The predicted molar refractivity (Wildman–Crippen MR) is 145 cm³/mol. The Bertz CT molecular complexity index is 1500. The van der Waals surface area contributed by atoms with Crippen molar-refractivity contribution in [2.45, 2.75) is 92.4 Å². The summed E-state index contributed by atoms with van der Waals surface area (Å²) in [5, 5.41) is 6.59. The lowest BCUT2D eigenvalue weighted by molar-refractivity contribution is -0.137. The number of hydrogen-bond acceptors (Lipinski definition) is 4. The monoisotopic (exact) mass is 591 g/mol. The van der Waals surface area contributed by atoms with E-state index >= 15 is 0 Å². The van der Waals surface area contributed by atoms with Crippen LogP contribution in [0.15, 0.2) is 58.3 Å². The first-order chi connectivity index (χ1) is 19.5. The highest BCUT2D eigenvalue weighted by Crippen LogP contribution is 2.34. The first kappa shape index (κ1) is 29.3. The van der Waals surface area contributed by atoms with Crippen LogP contribution >= 0.6 is 0 Å². The van der Waals surface area contributed by atoms with Crippen molar-refractivity contribution in [1.82, 2.24) is 15.6 Å². The van der Waals surface area contributed by atoms with Gasteiger partial charge in [0, 0.05) is 30.7 Å². The molecular formula is C30H33F4N3O3S. The highest BCUT2D eigenvalue weighted by atomic mass is 32.2. The summed E-state index contributed by atoms with van der Waals surface area (Å²) in [6, 6.07) is 8.46. The number of sulfone groups is 1. The van der Waals surface area contributed by atoms with E-state index in [4.69, 9.17) is 0 Å². The van der Waals surface area contributed by atoms with Gasteiger partial charge in [0.2, 0.25) is 9.84 Å². The Morgan fingerprint density at radius 1 is 0.902 bits per heavy atom. The molecule has 1 aromatic heterocycles. The smallest absolute Gasteiger partial charge is 0.354 e. The van der Waals surface area contributed by atoms with Crippen molar-refractivity contribution >= 4 is 15.7 Å². The maximum atomic E-state index is 13.8. The molecule has 1 aliphatic heterocycles. The van der Waals surface area contributed by atoms with Gasteiger partial charge in [-0.3, -0.25) is 4.79 Å². The van der Waals surface area contributed by atoms with E-state index in [-0.39, 0.29) is 29.0 Å². The third-order valence-electron chi connectivity index (χ3n) is 8.16. The number of amides is 1. The minimum atomic E-state index is -4.89. The molecule has 0 radical (unpaired) electrons. The Morgan fingerprint density at radius 2 is 1.56 bits per heavy atom. The molecule has 1 saturated carbocycles. The lowest BCUT2D eigenvalue weighted by Crippen LogP contribution is -2.49. The molecule has 41 heavy (non-hydrogen) atoms. The third kappa shape index (κ3) is 6.67. The number of benzene rings is 2. The van der Waals surface area contributed by atoms with E-state index in [2.05, 4.69) is 15.6 Å². The maximum absolute atomic E-state index is 13.8. The molecule has 1 spiro atoms. The fourth-order valence-electron chi connectivity index (χ4n) is 5.86. The van der Waals surface area contributed by atoms with Gasteiger partial charge in [0.15, 0.2) is 0 Å². The largest absolute Gasteiger partial charge is 0.416 e. The number of alkyl halides is 3. The van der Waals surface area contributed by atoms with Crippen molar-refractivity contribution in [2.24, 2.45) is 0 Å². The summed E-state index contributed by atoms with van der Waals surface area (Å²) in [5.74, 6) is -1.59. The minimum absolute atomic E-state index is 0.0673. The molecular weight excluding hydrogens is 558 g/mol. The van der Waals surface area contributed by atoms with E-state index in [1.54, 1.807) is 0 Å². The molecule has 0 atom stereocenters. The highest BCUT2D eigenvalue weighted by molar-refractivity contribution is 7.91. The number of carbonyl (C=O) groups excluding carboxylic acids is 1. The van der Waals surface area contributed by atoms with Crippen molar-refractivity contribution in [3.63, 3.8) is 0 Å². The summed E-state index contributed by atoms with van der Waals surface area (Å²) in [4.78, 5) is 15.2. The quantitative estimate of drug-likeness (QED) is 0.297. The van der Waals surface area contributed by atoms with Gasteiger partial charge < -0.3 is 15.6 Å². The number of H-pyrrole nitrogens is 1. The fourth-order valence-corrected chi connectivity index (χ4v) is 7.17. The average molecular weight is 592 g/mol. The summed E-state index contributed by atoms with van der Waals surface area (Å²) in [5.41, 5.74) is 1.91. The molecule has 3 N–H and O–H groups in total. The van der Waals surface area contributed by atoms with Gasteiger partial charge in [-0.2, -0.15) is 13.2 Å². The fraction of sp³-hybridized carbons (Fsp3) is 0.433. The van der Waals surface area contributed by atoms with E-state index in [1.165, 1.54) is 62.8 Å². The Labute approximate surface area is 236 Å². The average Bonchev–Trinajstić information content (AvgIpc) is 3.39. The van der Waals surface area contributed by atoms with E-state index in [0.29, 0.717) is 29.9 Å². The first-order valence-electron chi connectivity index (χ1n) is 13.9. The normalized spacial score (nSPS) is 17.8. The van der Waals surface area contributed by atoms with Crippen LogP contribution < -0.4 is 10.6 Å². The topological polar surface area (TPSA) is 91.1 Å². The molecule has 11 heteroatoms. The van der Waals surface area contributed by atoms with Crippen LogP contribution in [-0.4, -0.2) is 24.8 Å². The van der Waals surface area contributed by atoms with Crippen molar-refractivity contribution in [1.29, 1.82) is 0 Å². The molecule has 5 rings (SSSR count). The number of aromatic amines is 1. The Kier molecular flexibility index (Phi) is 8.29. The van der Waals surface area contributed by atoms with Crippen LogP contribution in [0.4, 0.5) is 17.6 Å². The van der Waals surface area contributed by atoms with Gasteiger partial charge in [0.1, 0.15) is 11.5 Å². The molecule has 0 saturated heterocycles. The van der Waals surface area contributed by atoms with Gasteiger partial charge in [-0.1, -0.05) is 50.7 Å². The number of rotatable bonds is 5. The number of hydrogen-bond donors (Lipinski definition) is 3. The van der Waals surface area contributed by atoms with Crippen LogP contribution in [0.5, 0.6) is 0 Å². The maximum Gasteiger partial charge on any atom is 0.416 e. The van der Waals surface area contributed by atoms with Gasteiger partial charge in [0.25, 0.3) is 5.91 Å². The predicted octanol–water partition coefficient (Wildman–Crippen LogP) is 6.45. The molecule has 6 nitrogen and oxygen atoms in total. The standard InChI is InChI=1S/C30H33F4N3O3S/c31-23-14-22(30(32,33)34)15-25(16-23)41(39,40)24-9-7-20(8-10-24)18-35-28(38)26-13-21-19-36-29(17-27(21)37-26)11-5-3-1-2-4-6-12-29/h7-10,13-16,36-37H,1-6,11-12,17-19H2,(H,35,38). The van der Waals surface area contributed by atoms with Crippen molar-refractivity contribution in [3.05, 3.63) is 82.4 Å². The van der Waals surface area contributed by atoms with Crippen LogP contribution in [0.3, 0.4) is 0 Å². The Morgan fingerprint density at radius 3 is 2.22 bits per heavy atom. The summed E-state index contributed by atoms with van der Waals surface area (Å²) in [6.45, 7) is 0.827. The van der Waals surface area contributed by atoms with Gasteiger partial charge in [0.05, 0.1) is 15.4 Å². The molecule has 2 aromatic carbocycles. The molecule has 2 heterocycles. The Hall–Kier alpha value is -3.18. The molecule has 0 unspecified atom stereocenters. The molecule has 1 fully saturated rings. The molecule has 0 bridgehead atoms. The van der Waals surface area contributed by atoms with Crippen molar-refractivity contribution in [2.75, 3.05) is 0 Å². The van der Waals surface area contributed by atoms with E-state index in [1.807, 2.05) is 6.07 Å². The van der Waals surface area contributed by atoms with E-state index < -0.39 is 32.3 Å². The summed E-state index contributed by atoms with van der Waals surface area (Å²) in [6.07, 6.45) is 5.73. The number of fused-ring (bicyclic) bond motifs is 1.